The van der Waals surface area contributed by atoms with E-state index in [-0.39, 0.29) is 17.7 Å². The molecular weight excluding hydrogens is 474 g/mol. The van der Waals surface area contributed by atoms with Crippen LogP contribution in [0.4, 0.5) is 0 Å². The average molecular weight is 522 g/mol. The third-order valence-corrected chi connectivity index (χ3v) is 12.0. The van der Waals surface area contributed by atoms with E-state index in [4.69, 9.17) is 9.47 Å². The smallest absolute Gasteiger partial charge is 0.131 e. The zero-order valence-electron chi connectivity index (χ0n) is 22.1. The number of ether oxygens (including phenoxy) is 2. The summed E-state index contributed by atoms with van der Waals surface area (Å²) >= 11 is 2.12. The third-order valence-electron chi connectivity index (χ3n) is 10.5. The van der Waals surface area contributed by atoms with Gasteiger partial charge < -0.3 is 25.0 Å². The van der Waals surface area contributed by atoms with Crippen molar-refractivity contribution in [3.63, 3.8) is 0 Å². The van der Waals surface area contributed by atoms with Gasteiger partial charge in [-0.05, 0) is 94.5 Å². The standard InChI is InChI=1S/C28H47N3O4S/c1-34-23-14-22-3-2-21(15-25(22)29-16-23)20-4-6-24(7-5-20)36-30-12-10-28(11-13-30)18-31(26(33)17-35-28)27(19-32)8-9-27/h14,20-22,24-26,29,32-33H,2-13,15-19H2,1H3. The quantitative estimate of drug-likeness (QED) is 0.461. The molecular formula is C28H47N3O4S. The van der Waals surface area contributed by atoms with Gasteiger partial charge in [-0.1, -0.05) is 11.9 Å². The van der Waals surface area contributed by atoms with E-state index in [1.54, 1.807) is 7.11 Å². The zero-order chi connectivity index (χ0) is 24.8. The van der Waals surface area contributed by atoms with E-state index < -0.39 is 6.23 Å². The maximum atomic E-state index is 10.5. The summed E-state index contributed by atoms with van der Waals surface area (Å²) in [7, 11) is 1.79. The van der Waals surface area contributed by atoms with E-state index in [0.29, 0.717) is 18.6 Å². The van der Waals surface area contributed by atoms with E-state index in [1.807, 2.05) is 0 Å². The van der Waals surface area contributed by atoms with Crippen LogP contribution in [0.5, 0.6) is 0 Å². The molecule has 4 atom stereocenters. The van der Waals surface area contributed by atoms with E-state index in [2.05, 4.69) is 32.5 Å². The fraction of sp³-hybridized carbons (Fsp3) is 0.929. The molecule has 4 unspecified atom stereocenters. The molecule has 3 aliphatic heterocycles. The van der Waals surface area contributed by atoms with Gasteiger partial charge in [0.2, 0.25) is 0 Å². The molecule has 1 spiro atoms. The van der Waals surface area contributed by atoms with Gasteiger partial charge in [0.15, 0.2) is 0 Å². The second-order valence-corrected chi connectivity index (χ2v) is 14.0. The lowest BCUT2D eigenvalue weighted by Gasteiger charge is -2.51. The molecule has 2 saturated heterocycles. The number of aliphatic hydroxyl groups is 2. The van der Waals surface area contributed by atoms with E-state index in [0.717, 1.165) is 74.7 Å². The highest BCUT2D eigenvalue weighted by Gasteiger charge is 2.55. The van der Waals surface area contributed by atoms with Crippen molar-refractivity contribution in [2.45, 2.75) is 99.3 Å². The summed E-state index contributed by atoms with van der Waals surface area (Å²) in [5, 5.41) is 24.9. The van der Waals surface area contributed by atoms with Crippen LogP contribution in [0.2, 0.25) is 0 Å². The molecule has 0 aromatic carbocycles. The van der Waals surface area contributed by atoms with Crippen molar-refractivity contribution in [3.05, 3.63) is 11.8 Å². The van der Waals surface area contributed by atoms with Crippen LogP contribution in [0.3, 0.4) is 0 Å². The summed E-state index contributed by atoms with van der Waals surface area (Å²) in [6, 6.07) is 0.654. The number of hydrogen-bond acceptors (Lipinski definition) is 8. The van der Waals surface area contributed by atoms with Gasteiger partial charge in [0.25, 0.3) is 0 Å². The Balaban J connectivity index is 0.940. The Morgan fingerprint density at radius 2 is 1.83 bits per heavy atom. The monoisotopic (exact) mass is 521 g/mol. The molecule has 3 N–H and O–H groups in total. The molecule has 3 saturated carbocycles. The molecule has 36 heavy (non-hydrogen) atoms. The zero-order valence-corrected chi connectivity index (χ0v) is 22.9. The third kappa shape index (κ3) is 5.25. The van der Waals surface area contributed by atoms with E-state index in [1.165, 1.54) is 44.9 Å². The van der Waals surface area contributed by atoms with Crippen molar-refractivity contribution in [1.82, 2.24) is 14.5 Å². The van der Waals surface area contributed by atoms with Crippen LogP contribution in [0.25, 0.3) is 0 Å². The SMILES string of the molecule is COC1=CC2CCC(C3CCC(SN4CCC5(CC4)CN(C4(CO)CC4)C(O)CO5)CC3)CC2NC1. The Kier molecular flexibility index (Phi) is 7.67. The highest BCUT2D eigenvalue weighted by Crippen LogP contribution is 2.47. The first-order chi connectivity index (χ1) is 17.5. The molecule has 7 nitrogen and oxygen atoms in total. The van der Waals surface area contributed by atoms with E-state index in [9.17, 15) is 10.2 Å². The Morgan fingerprint density at radius 3 is 2.53 bits per heavy atom. The number of hydrogen-bond donors (Lipinski definition) is 3. The fourth-order valence-corrected chi connectivity index (χ4v) is 9.20. The Labute approximate surface area is 221 Å². The minimum Gasteiger partial charge on any atom is -0.500 e. The Bertz CT molecular complexity index is 792. The predicted octanol–water partition coefficient (Wildman–Crippen LogP) is 3.12. The minimum absolute atomic E-state index is 0.148. The molecule has 0 aromatic rings. The number of nitrogens with zero attached hydrogens (tertiary/aromatic N) is 2. The number of nitrogens with one attached hydrogen (secondary N) is 1. The molecule has 0 radical (unpaired) electrons. The number of morpholine rings is 1. The lowest BCUT2D eigenvalue weighted by atomic mass is 9.68. The van der Waals surface area contributed by atoms with Gasteiger partial charge in [0.1, 0.15) is 12.0 Å². The molecule has 0 bridgehead atoms. The summed E-state index contributed by atoms with van der Waals surface area (Å²) in [5.74, 6) is 3.60. The lowest BCUT2D eigenvalue weighted by molar-refractivity contribution is -0.215. The van der Waals surface area contributed by atoms with Crippen molar-refractivity contribution in [3.8, 4) is 0 Å². The molecule has 8 heteroatoms. The largest absolute Gasteiger partial charge is 0.500 e. The Hall–Kier alpha value is -0.350. The first-order valence-corrected chi connectivity index (χ1v) is 15.4. The van der Waals surface area contributed by atoms with E-state index >= 15 is 0 Å². The molecule has 0 aromatic heterocycles. The van der Waals surface area contributed by atoms with Crippen molar-refractivity contribution in [2.24, 2.45) is 17.8 Å². The molecule has 5 fully saturated rings. The van der Waals surface area contributed by atoms with Gasteiger partial charge in [-0.3, -0.25) is 9.21 Å². The topological polar surface area (TPSA) is 77.4 Å². The number of aliphatic hydroxyl groups excluding tert-OH is 2. The highest BCUT2D eigenvalue weighted by molar-refractivity contribution is 7.97. The molecule has 6 aliphatic rings. The molecule has 0 amide bonds. The predicted molar refractivity (Wildman–Crippen MR) is 142 cm³/mol. The van der Waals surface area contributed by atoms with Crippen molar-refractivity contribution >= 4 is 11.9 Å². The minimum atomic E-state index is -0.573. The van der Waals surface area contributed by atoms with Gasteiger partial charge in [-0.2, -0.15) is 0 Å². The number of methoxy groups -OCH3 is 1. The fourth-order valence-electron chi connectivity index (χ4n) is 7.90. The van der Waals surface area contributed by atoms with Crippen LogP contribution in [0.1, 0.15) is 70.6 Å². The van der Waals surface area contributed by atoms with Crippen LogP contribution in [-0.4, -0.2) is 94.6 Å². The van der Waals surface area contributed by atoms with Gasteiger partial charge in [-0.25, -0.2) is 0 Å². The molecule has 3 heterocycles. The van der Waals surface area contributed by atoms with Crippen LogP contribution in [-0.2, 0) is 9.47 Å². The maximum Gasteiger partial charge on any atom is 0.131 e. The van der Waals surface area contributed by atoms with Gasteiger partial charge in [0.05, 0.1) is 32.5 Å². The average Bonchev–Trinajstić information content (AvgIpc) is 3.73. The molecule has 6 rings (SSSR count). The first-order valence-electron chi connectivity index (χ1n) is 14.6. The summed E-state index contributed by atoms with van der Waals surface area (Å²) in [4.78, 5) is 2.16. The second-order valence-electron chi connectivity index (χ2n) is 12.6. The van der Waals surface area contributed by atoms with Crippen molar-refractivity contribution in [2.75, 3.05) is 46.5 Å². The number of piperidine rings is 1. The number of rotatable bonds is 6. The second kappa shape index (κ2) is 10.7. The van der Waals surface area contributed by atoms with Gasteiger partial charge in [0, 0.05) is 36.5 Å². The molecule has 204 valence electrons. The lowest BCUT2D eigenvalue weighted by Crippen LogP contribution is -2.63. The van der Waals surface area contributed by atoms with Crippen LogP contribution >= 0.6 is 11.9 Å². The summed E-state index contributed by atoms with van der Waals surface area (Å²) < 4.78 is 14.3. The Morgan fingerprint density at radius 1 is 1.08 bits per heavy atom. The molecule has 3 aliphatic carbocycles. The first kappa shape index (κ1) is 25.9. The van der Waals surface area contributed by atoms with Crippen molar-refractivity contribution in [1.29, 1.82) is 0 Å². The summed E-state index contributed by atoms with van der Waals surface area (Å²) in [6.07, 6.45) is 15.4. The van der Waals surface area contributed by atoms with Gasteiger partial charge >= 0.3 is 0 Å². The van der Waals surface area contributed by atoms with Crippen molar-refractivity contribution < 1.29 is 19.7 Å². The normalized spacial score (nSPS) is 40.9. The maximum absolute atomic E-state index is 10.5. The summed E-state index contributed by atoms with van der Waals surface area (Å²) in [6.45, 7) is 4.32. The number of fused-ring (bicyclic) bond motifs is 1. The van der Waals surface area contributed by atoms with Gasteiger partial charge in [-0.15, -0.1) is 0 Å². The van der Waals surface area contributed by atoms with Crippen LogP contribution in [0, 0.1) is 17.8 Å². The summed E-state index contributed by atoms with van der Waals surface area (Å²) in [5.41, 5.74) is -0.333. The highest BCUT2D eigenvalue weighted by atomic mass is 32.2. The van der Waals surface area contributed by atoms with Crippen LogP contribution < -0.4 is 5.32 Å². The van der Waals surface area contributed by atoms with Crippen LogP contribution in [0.15, 0.2) is 11.8 Å².